The number of aryl methyl sites for hydroxylation is 1. The topological polar surface area (TPSA) is 80.5 Å². The summed E-state index contributed by atoms with van der Waals surface area (Å²) in [6.07, 6.45) is 3.66. The minimum atomic E-state index is -0.170. The van der Waals surface area contributed by atoms with Crippen LogP contribution in [0.5, 0.6) is 0 Å². The van der Waals surface area contributed by atoms with Gasteiger partial charge in [0.1, 0.15) is 6.54 Å². The van der Waals surface area contributed by atoms with Crippen LogP contribution in [0.15, 0.2) is 67.0 Å². The number of carbonyl (C=O) groups excluding carboxylic acids is 1. The fourth-order valence-electron chi connectivity index (χ4n) is 3.09. The molecule has 0 unspecified atom stereocenters. The van der Waals surface area contributed by atoms with E-state index in [0.717, 1.165) is 22.4 Å². The molecule has 0 saturated heterocycles. The summed E-state index contributed by atoms with van der Waals surface area (Å²) in [5, 5.41) is 14.2. The maximum atomic E-state index is 12.6. The van der Waals surface area contributed by atoms with Crippen molar-refractivity contribution in [2.45, 2.75) is 20.0 Å². The minimum absolute atomic E-state index is 0.0770. The molecular formula is C21H20N6OS. The molecule has 0 radical (unpaired) electrons. The number of carbonyl (C=O) groups is 1. The number of rotatable bonds is 6. The Morgan fingerprint density at radius 1 is 1.17 bits per heavy atom. The van der Waals surface area contributed by atoms with E-state index in [2.05, 4.69) is 20.6 Å². The number of amides is 1. The van der Waals surface area contributed by atoms with Crippen molar-refractivity contribution in [3.8, 4) is 11.4 Å². The first-order valence-electron chi connectivity index (χ1n) is 9.17. The molecule has 2 N–H and O–H groups in total. The normalized spacial score (nSPS) is 10.8. The van der Waals surface area contributed by atoms with Crippen molar-refractivity contribution in [2.75, 3.05) is 5.32 Å². The maximum absolute atomic E-state index is 12.6. The molecule has 0 saturated carbocycles. The Morgan fingerprint density at radius 3 is 2.72 bits per heavy atom. The van der Waals surface area contributed by atoms with Crippen molar-refractivity contribution < 1.29 is 4.79 Å². The van der Waals surface area contributed by atoms with Gasteiger partial charge >= 0.3 is 0 Å². The molecule has 7 nitrogen and oxygen atoms in total. The molecule has 2 aromatic heterocycles. The Bertz CT molecular complexity index is 1170. The van der Waals surface area contributed by atoms with E-state index in [-0.39, 0.29) is 12.5 Å². The second-order valence-corrected chi connectivity index (χ2v) is 7.14. The van der Waals surface area contributed by atoms with Crippen LogP contribution >= 0.6 is 12.2 Å². The van der Waals surface area contributed by atoms with E-state index in [1.54, 1.807) is 10.8 Å². The average molecular weight is 404 g/mol. The highest BCUT2D eigenvalue weighted by Gasteiger charge is 2.13. The van der Waals surface area contributed by atoms with Crippen molar-refractivity contribution in [2.24, 2.45) is 0 Å². The summed E-state index contributed by atoms with van der Waals surface area (Å²) < 4.78 is 3.96. The Balaban J connectivity index is 1.45. The Labute approximate surface area is 173 Å². The van der Waals surface area contributed by atoms with Crippen LogP contribution < -0.4 is 5.32 Å². The Morgan fingerprint density at radius 2 is 2.00 bits per heavy atom. The van der Waals surface area contributed by atoms with Crippen molar-refractivity contribution in [3.05, 3.63) is 82.9 Å². The van der Waals surface area contributed by atoms with Crippen LogP contribution in [-0.4, -0.2) is 30.5 Å². The van der Waals surface area contributed by atoms with Crippen LogP contribution in [-0.2, 0) is 17.9 Å². The molecule has 29 heavy (non-hydrogen) atoms. The highest BCUT2D eigenvalue weighted by atomic mass is 32.1. The van der Waals surface area contributed by atoms with Crippen molar-refractivity contribution >= 4 is 23.8 Å². The minimum Gasteiger partial charge on any atom is -0.325 e. The van der Waals surface area contributed by atoms with Gasteiger partial charge in [0, 0.05) is 23.6 Å². The number of anilines is 1. The van der Waals surface area contributed by atoms with E-state index in [0.29, 0.717) is 17.1 Å². The highest BCUT2D eigenvalue weighted by molar-refractivity contribution is 7.71. The summed E-state index contributed by atoms with van der Waals surface area (Å²) in [6.45, 7) is 2.77. The SMILES string of the molecule is Cc1cccc(-c2n[nH]c(=S)n2CC(=O)Nc2ccc(Cn3cccn3)cc2)c1. The maximum Gasteiger partial charge on any atom is 0.244 e. The predicted octanol–water partition coefficient (Wildman–Crippen LogP) is 3.80. The summed E-state index contributed by atoms with van der Waals surface area (Å²) in [7, 11) is 0. The third-order valence-electron chi connectivity index (χ3n) is 4.48. The van der Waals surface area contributed by atoms with E-state index < -0.39 is 0 Å². The van der Waals surface area contributed by atoms with Gasteiger partial charge in [-0.2, -0.15) is 10.2 Å². The molecule has 1 amide bonds. The molecule has 4 rings (SSSR count). The van der Waals surface area contributed by atoms with Crippen LogP contribution in [0.25, 0.3) is 11.4 Å². The fourth-order valence-corrected chi connectivity index (χ4v) is 3.28. The second-order valence-electron chi connectivity index (χ2n) is 6.76. The molecule has 2 aromatic carbocycles. The fraction of sp³-hybridized carbons (Fsp3) is 0.143. The highest BCUT2D eigenvalue weighted by Crippen LogP contribution is 2.19. The zero-order valence-electron chi connectivity index (χ0n) is 15.9. The first-order chi connectivity index (χ1) is 14.1. The van der Waals surface area contributed by atoms with Gasteiger partial charge in [-0.15, -0.1) is 0 Å². The lowest BCUT2D eigenvalue weighted by Crippen LogP contribution is -2.19. The lowest BCUT2D eigenvalue weighted by molar-refractivity contribution is -0.116. The third kappa shape index (κ3) is 4.49. The number of nitrogens with zero attached hydrogens (tertiary/aromatic N) is 4. The van der Waals surface area contributed by atoms with Crippen LogP contribution in [0.2, 0.25) is 0 Å². The molecule has 0 aliphatic carbocycles. The molecule has 0 aliphatic heterocycles. The number of hydrogen-bond donors (Lipinski definition) is 2. The van der Waals surface area contributed by atoms with E-state index >= 15 is 0 Å². The molecular weight excluding hydrogens is 384 g/mol. The molecule has 2 heterocycles. The van der Waals surface area contributed by atoms with Gasteiger partial charge in [0.25, 0.3) is 0 Å². The summed E-state index contributed by atoms with van der Waals surface area (Å²) in [4.78, 5) is 12.6. The first kappa shape index (κ1) is 18.8. The molecule has 0 bridgehead atoms. The molecule has 0 aliphatic rings. The lowest BCUT2D eigenvalue weighted by atomic mass is 10.1. The third-order valence-corrected chi connectivity index (χ3v) is 4.79. The van der Waals surface area contributed by atoms with Crippen molar-refractivity contribution in [1.29, 1.82) is 0 Å². The largest absolute Gasteiger partial charge is 0.325 e. The Kier molecular flexibility index (Phi) is 5.35. The standard InChI is InChI=1S/C21H20N6OS/c1-15-4-2-5-17(12-15)20-24-25-21(29)27(20)14-19(28)23-18-8-6-16(7-9-18)13-26-11-3-10-22-26/h2-12H,13-14H2,1H3,(H,23,28)(H,25,29). The molecule has 0 atom stereocenters. The number of benzene rings is 2. The summed E-state index contributed by atoms with van der Waals surface area (Å²) in [6, 6.07) is 17.5. The molecule has 0 spiro atoms. The second kappa shape index (κ2) is 8.24. The lowest BCUT2D eigenvalue weighted by Gasteiger charge is -2.09. The first-order valence-corrected chi connectivity index (χ1v) is 9.58. The van der Waals surface area contributed by atoms with Crippen LogP contribution in [0.1, 0.15) is 11.1 Å². The number of H-pyrrole nitrogens is 1. The van der Waals surface area contributed by atoms with Gasteiger partial charge < -0.3 is 5.32 Å². The van der Waals surface area contributed by atoms with E-state index in [1.807, 2.05) is 72.4 Å². The quantitative estimate of drug-likeness (QED) is 0.479. The van der Waals surface area contributed by atoms with Gasteiger partial charge in [-0.05, 0) is 49.0 Å². The number of hydrogen-bond acceptors (Lipinski definition) is 4. The summed E-state index contributed by atoms with van der Waals surface area (Å²) in [5.74, 6) is 0.472. The van der Waals surface area contributed by atoms with E-state index in [4.69, 9.17) is 12.2 Å². The summed E-state index contributed by atoms with van der Waals surface area (Å²) in [5.41, 5.74) is 3.85. The van der Waals surface area contributed by atoms with E-state index in [9.17, 15) is 4.79 Å². The molecule has 8 heteroatoms. The number of aromatic amines is 1. The van der Waals surface area contributed by atoms with Gasteiger partial charge in [0.2, 0.25) is 5.91 Å². The van der Waals surface area contributed by atoms with Crippen LogP contribution in [0.3, 0.4) is 0 Å². The van der Waals surface area contributed by atoms with E-state index in [1.165, 1.54) is 0 Å². The van der Waals surface area contributed by atoms with Gasteiger partial charge in [-0.3, -0.25) is 19.1 Å². The molecule has 4 aromatic rings. The molecule has 146 valence electrons. The number of aromatic nitrogens is 5. The Hall–Kier alpha value is -3.52. The zero-order valence-corrected chi connectivity index (χ0v) is 16.7. The molecule has 0 fully saturated rings. The van der Waals surface area contributed by atoms with Crippen LogP contribution in [0.4, 0.5) is 5.69 Å². The van der Waals surface area contributed by atoms with Crippen LogP contribution in [0, 0.1) is 11.7 Å². The summed E-state index contributed by atoms with van der Waals surface area (Å²) >= 11 is 5.32. The average Bonchev–Trinajstić information content (AvgIpc) is 3.34. The smallest absolute Gasteiger partial charge is 0.244 e. The van der Waals surface area contributed by atoms with Crippen molar-refractivity contribution in [1.82, 2.24) is 24.5 Å². The number of nitrogens with one attached hydrogen (secondary N) is 2. The zero-order chi connectivity index (χ0) is 20.2. The van der Waals surface area contributed by atoms with Gasteiger partial charge in [0.05, 0.1) is 6.54 Å². The monoisotopic (exact) mass is 404 g/mol. The van der Waals surface area contributed by atoms with Gasteiger partial charge in [-0.1, -0.05) is 35.9 Å². The predicted molar refractivity (Wildman–Crippen MR) is 114 cm³/mol. The van der Waals surface area contributed by atoms with Gasteiger partial charge in [0.15, 0.2) is 10.6 Å². The van der Waals surface area contributed by atoms with Gasteiger partial charge in [-0.25, -0.2) is 0 Å². The van der Waals surface area contributed by atoms with Crippen molar-refractivity contribution in [3.63, 3.8) is 0 Å².